The number of amides is 1. The second kappa shape index (κ2) is 6.22. The van der Waals surface area contributed by atoms with Gasteiger partial charge in [-0.15, -0.1) is 11.3 Å². The van der Waals surface area contributed by atoms with Crippen LogP contribution in [0.3, 0.4) is 0 Å². The number of anilines is 1. The summed E-state index contributed by atoms with van der Waals surface area (Å²) in [6.07, 6.45) is 2.07. The fraction of sp³-hybridized carbons (Fsp3) is 0.500. The van der Waals surface area contributed by atoms with E-state index >= 15 is 0 Å². The van der Waals surface area contributed by atoms with Gasteiger partial charge in [-0.25, -0.2) is 0 Å². The van der Waals surface area contributed by atoms with Crippen LogP contribution in [0.4, 0.5) is 5.69 Å². The molecule has 1 aliphatic heterocycles. The summed E-state index contributed by atoms with van der Waals surface area (Å²) < 4.78 is 0. The fourth-order valence-corrected chi connectivity index (χ4v) is 4.14. The Bertz CT molecular complexity index is 656. The van der Waals surface area contributed by atoms with Gasteiger partial charge in [0.05, 0.1) is 23.6 Å². The van der Waals surface area contributed by atoms with E-state index in [1.807, 2.05) is 25.2 Å². The van der Waals surface area contributed by atoms with Gasteiger partial charge in [0.15, 0.2) is 0 Å². The highest BCUT2D eigenvalue weighted by atomic mass is 32.1. The van der Waals surface area contributed by atoms with Crippen LogP contribution < -0.4 is 5.32 Å². The summed E-state index contributed by atoms with van der Waals surface area (Å²) in [6.45, 7) is 7.38. The number of carbonyl (C=O) groups is 1. The Balaban J connectivity index is 1.69. The third-order valence-electron chi connectivity index (χ3n) is 4.33. The number of carbonyl (C=O) groups excluding carboxylic acids is 1. The van der Waals surface area contributed by atoms with Crippen molar-refractivity contribution in [3.63, 3.8) is 0 Å². The number of aryl methyl sites for hydroxylation is 2. The highest BCUT2D eigenvalue weighted by Gasteiger charge is 2.28. The van der Waals surface area contributed by atoms with E-state index in [4.69, 9.17) is 0 Å². The third-order valence-corrected chi connectivity index (χ3v) is 5.33. The molecule has 2 N–H and O–H groups in total. The molecule has 0 saturated heterocycles. The van der Waals surface area contributed by atoms with Crippen LogP contribution in [0.25, 0.3) is 0 Å². The first-order valence-corrected chi connectivity index (χ1v) is 8.59. The molecule has 0 fully saturated rings. The molecule has 0 radical (unpaired) electrons. The number of aromatic nitrogens is 2. The van der Waals surface area contributed by atoms with Gasteiger partial charge >= 0.3 is 0 Å². The van der Waals surface area contributed by atoms with Crippen molar-refractivity contribution in [3.05, 3.63) is 33.3 Å². The Morgan fingerprint density at radius 2 is 2.36 bits per heavy atom. The number of thiophene rings is 1. The molecule has 0 bridgehead atoms. The average Bonchev–Trinajstić information content (AvgIpc) is 3.08. The van der Waals surface area contributed by atoms with Crippen LogP contribution in [0.1, 0.15) is 41.2 Å². The highest BCUT2D eigenvalue weighted by Crippen LogP contribution is 2.34. The summed E-state index contributed by atoms with van der Waals surface area (Å²) in [5.41, 5.74) is 3.95. The van der Waals surface area contributed by atoms with Crippen molar-refractivity contribution < 1.29 is 4.79 Å². The molecule has 0 aromatic carbocycles. The molecule has 3 rings (SSSR count). The smallest absolute Gasteiger partial charge is 0.238 e. The van der Waals surface area contributed by atoms with Crippen LogP contribution >= 0.6 is 11.3 Å². The summed E-state index contributed by atoms with van der Waals surface area (Å²) in [5.74, 6) is 0.0322. The zero-order valence-corrected chi connectivity index (χ0v) is 14.1. The molecule has 5 nitrogen and oxygen atoms in total. The second-order valence-electron chi connectivity index (χ2n) is 5.80. The molecule has 0 spiro atoms. The Morgan fingerprint density at radius 1 is 1.55 bits per heavy atom. The summed E-state index contributed by atoms with van der Waals surface area (Å²) in [6, 6.07) is 2.56. The molecule has 6 heteroatoms. The first-order chi connectivity index (χ1) is 10.6. The molecule has 0 saturated carbocycles. The molecule has 118 valence electrons. The topological polar surface area (TPSA) is 61.0 Å². The van der Waals surface area contributed by atoms with Crippen molar-refractivity contribution in [1.82, 2.24) is 15.1 Å². The zero-order valence-electron chi connectivity index (χ0n) is 13.3. The van der Waals surface area contributed by atoms with E-state index in [1.165, 1.54) is 10.4 Å². The first kappa shape index (κ1) is 15.2. The number of aromatic amines is 1. The van der Waals surface area contributed by atoms with Gasteiger partial charge in [-0.1, -0.05) is 6.92 Å². The SMILES string of the molecule is CCC1c2ccsc2CCN1CC(=O)Nc1c(C)n[nH]c1C. The maximum atomic E-state index is 12.4. The predicted octanol–water partition coefficient (Wildman–Crippen LogP) is 3.04. The molecule has 1 unspecified atom stereocenters. The van der Waals surface area contributed by atoms with Crippen LogP contribution in [-0.2, 0) is 11.2 Å². The molecule has 3 heterocycles. The molecule has 22 heavy (non-hydrogen) atoms. The second-order valence-corrected chi connectivity index (χ2v) is 6.80. The van der Waals surface area contributed by atoms with E-state index < -0.39 is 0 Å². The summed E-state index contributed by atoms with van der Waals surface area (Å²) in [5, 5.41) is 12.2. The van der Waals surface area contributed by atoms with Crippen LogP contribution in [0.2, 0.25) is 0 Å². The number of hydrogen-bond donors (Lipinski definition) is 2. The van der Waals surface area contributed by atoms with Gasteiger partial charge in [0.2, 0.25) is 5.91 Å². The summed E-state index contributed by atoms with van der Waals surface area (Å²) in [7, 11) is 0. The summed E-state index contributed by atoms with van der Waals surface area (Å²) in [4.78, 5) is 16.2. The highest BCUT2D eigenvalue weighted by molar-refractivity contribution is 7.10. The minimum atomic E-state index is 0.0322. The Morgan fingerprint density at radius 3 is 3.05 bits per heavy atom. The molecule has 2 aromatic rings. The Hall–Kier alpha value is -1.66. The first-order valence-electron chi connectivity index (χ1n) is 7.71. The van der Waals surface area contributed by atoms with E-state index in [-0.39, 0.29) is 5.91 Å². The average molecular weight is 318 g/mol. The van der Waals surface area contributed by atoms with Gasteiger partial charge in [-0.3, -0.25) is 14.8 Å². The van der Waals surface area contributed by atoms with E-state index in [0.717, 1.165) is 36.5 Å². The quantitative estimate of drug-likeness (QED) is 0.911. The lowest BCUT2D eigenvalue weighted by Crippen LogP contribution is -2.40. The number of H-pyrrole nitrogens is 1. The van der Waals surface area contributed by atoms with Crippen molar-refractivity contribution in [2.45, 2.75) is 39.7 Å². The molecular formula is C16H22N4OS. The van der Waals surface area contributed by atoms with E-state index in [0.29, 0.717) is 12.6 Å². The van der Waals surface area contributed by atoms with Crippen molar-refractivity contribution in [1.29, 1.82) is 0 Å². The minimum Gasteiger partial charge on any atom is -0.322 e. The molecule has 0 aliphatic carbocycles. The maximum absolute atomic E-state index is 12.4. The van der Waals surface area contributed by atoms with E-state index in [9.17, 15) is 4.79 Å². The molecule has 1 aliphatic rings. The van der Waals surface area contributed by atoms with Crippen molar-refractivity contribution in [2.75, 3.05) is 18.4 Å². The van der Waals surface area contributed by atoms with Gasteiger partial charge in [-0.2, -0.15) is 5.10 Å². The van der Waals surface area contributed by atoms with Crippen LogP contribution in [-0.4, -0.2) is 34.1 Å². The fourth-order valence-electron chi connectivity index (χ4n) is 3.21. The normalized spacial score (nSPS) is 18.2. The molecule has 1 atom stereocenters. The monoisotopic (exact) mass is 318 g/mol. The zero-order chi connectivity index (χ0) is 15.7. The van der Waals surface area contributed by atoms with Crippen LogP contribution in [0, 0.1) is 13.8 Å². The number of fused-ring (bicyclic) bond motifs is 1. The number of nitrogens with zero attached hydrogens (tertiary/aromatic N) is 2. The summed E-state index contributed by atoms with van der Waals surface area (Å²) >= 11 is 1.83. The number of rotatable bonds is 4. The Labute approximate surface area is 134 Å². The van der Waals surface area contributed by atoms with Gasteiger partial charge < -0.3 is 5.32 Å². The van der Waals surface area contributed by atoms with E-state index in [2.05, 4.69) is 38.8 Å². The molecule has 2 aromatic heterocycles. The molecule has 1 amide bonds. The van der Waals surface area contributed by atoms with Crippen LogP contribution in [0.5, 0.6) is 0 Å². The lowest BCUT2D eigenvalue weighted by atomic mass is 9.98. The number of hydrogen-bond acceptors (Lipinski definition) is 4. The lowest BCUT2D eigenvalue weighted by molar-refractivity contribution is -0.118. The van der Waals surface area contributed by atoms with Crippen LogP contribution in [0.15, 0.2) is 11.4 Å². The minimum absolute atomic E-state index is 0.0322. The molecular weight excluding hydrogens is 296 g/mol. The standard InChI is InChI=1S/C16H22N4OS/c1-4-13-12-6-8-22-14(12)5-7-20(13)9-15(21)17-16-10(2)18-19-11(16)3/h6,8,13H,4-5,7,9H2,1-3H3,(H,17,21)(H,18,19). The van der Waals surface area contributed by atoms with Gasteiger partial charge in [0, 0.05) is 17.5 Å². The lowest BCUT2D eigenvalue weighted by Gasteiger charge is -2.34. The maximum Gasteiger partial charge on any atom is 0.238 e. The van der Waals surface area contributed by atoms with Crippen molar-refractivity contribution in [2.24, 2.45) is 0 Å². The van der Waals surface area contributed by atoms with Gasteiger partial charge in [-0.05, 0) is 43.7 Å². The Kier molecular flexibility index (Phi) is 4.31. The van der Waals surface area contributed by atoms with Crippen molar-refractivity contribution in [3.8, 4) is 0 Å². The van der Waals surface area contributed by atoms with Gasteiger partial charge in [0.25, 0.3) is 0 Å². The van der Waals surface area contributed by atoms with Gasteiger partial charge in [0.1, 0.15) is 0 Å². The largest absolute Gasteiger partial charge is 0.322 e. The predicted molar refractivity (Wildman–Crippen MR) is 89.3 cm³/mol. The third kappa shape index (κ3) is 2.80. The van der Waals surface area contributed by atoms with Crippen molar-refractivity contribution >= 4 is 22.9 Å². The van der Waals surface area contributed by atoms with E-state index in [1.54, 1.807) is 0 Å². The number of nitrogens with one attached hydrogen (secondary N) is 2.